The zero-order valence-corrected chi connectivity index (χ0v) is 18.3. The number of hydrogen-bond acceptors (Lipinski definition) is 4. The van der Waals surface area contributed by atoms with E-state index in [1.54, 1.807) is 0 Å². The van der Waals surface area contributed by atoms with E-state index < -0.39 is 0 Å². The molecule has 2 aromatic rings. The summed E-state index contributed by atoms with van der Waals surface area (Å²) in [5.74, 6) is 0.412. The lowest BCUT2D eigenvalue weighted by Gasteiger charge is -2.31. The number of halogens is 1. The highest BCUT2D eigenvalue weighted by molar-refractivity contribution is 5.18. The molecule has 1 aliphatic rings. The van der Waals surface area contributed by atoms with E-state index in [0.717, 1.165) is 57.9 Å². The van der Waals surface area contributed by atoms with Crippen LogP contribution in [0.4, 0.5) is 4.39 Å². The lowest BCUT2D eigenvalue weighted by Crippen LogP contribution is -2.44. The van der Waals surface area contributed by atoms with Crippen LogP contribution in [-0.4, -0.2) is 71.5 Å². The quantitative estimate of drug-likeness (QED) is 0.610. The molecule has 1 aromatic heterocycles. The van der Waals surface area contributed by atoms with Crippen molar-refractivity contribution >= 4 is 0 Å². The fourth-order valence-corrected chi connectivity index (χ4v) is 3.88. The number of β-amino-alcohol motifs (C(OH)–C–C–N with tert-alkyl or cyclic N) is 1. The maximum atomic E-state index is 13.2. The molecule has 1 N–H and O–H groups in total. The van der Waals surface area contributed by atoms with Gasteiger partial charge in [0.25, 0.3) is 0 Å². The summed E-state index contributed by atoms with van der Waals surface area (Å²) in [6.45, 7) is 11.6. The minimum absolute atomic E-state index is 0.208. The summed E-state index contributed by atoms with van der Waals surface area (Å²) in [7, 11) is 0. The first kappa shape index (κ1) is 22.9. The molecule has 166 valence electrons. The van der Waals surface area contributed by atoms with Crippen LogP contribution in [0.2, 0.25) is 0 Å². The Morgan fingerprint density at radius 3 is 2.57 bits per heavy atom. The van der Waals surface area contributed by atoms with Crippen LogP contribution in [0, 0.1) is 11.7 Å². The largest absolute Gasteiger partial charge is 0.390 e. The molecular weight excluding hydrogens is 381 g/mol. The Morgan fingerprint density at radius 1 is 1.13 bits per heavy atom. The third-order valence-corrected chi connectivity index (χ3v) is 5.64. The summed E-state index contributed by atoms with van der Waals surface area (Å²) >= 11 is 0. The predicted molar refractivity (Wildman–Crippen MR) is 118 cm³/mol. The minimum atomic E-state index is -0.379. The molecule has 2 heterocycles. The molecule has 1 unspecified atom stereocenters. The number of rotatable bonds is 11. The minimum Gasteiger partial charge on any atom is -0.390 e. The fraction of sp³-hybridized carbons (Fsp3) is 0.583. The van der Waals surface area contributed by atoms with Gasteiger partial charge in [-0.05, 0) is 48.7 Å². The maximum absolute atomic E-state index is 13.2. The molecule has 0 amide bonds. The number of nitrogens with zero attached hydrogens (tertiary/aromatic N) is 3. The first-order valence-electron chi connectivity index (χ1n) is 11.1. The van der Waals surface area contributed by atoms with Crippen molar-refractivity contribution in [3.05, 3.63) is 59.7 Å². The van der Waals surface area contributed by atoms with Crippen molar-refractivity contribution in [3.63, 3.8) is 0 Å². The summed E-state index contributed by atoms with van der Waals surface area (Å²) in [4.78, 5) is 4.65. The molecule has 0 aliphatic carbocycles. The highest BCUT2D eigenvalue weighted by Crippen LogP contribution is 2.14. The van der Waals surface area contributed by atoms with E-state index in [9.17, 15) is 9.50 Å². The van der Waals surface area contributed by atoms with E-state index in [1.165, 1.54) is 17.8 Å². The normalized spacial score (nSPS) is 16.5. The number of aromatic nitrogens is 1. The molecule has 0 saturated carbocycles. The van der Waals surface area contributed by atoms with E-state index in [-0.39, 0.29) is 11.9 Å². The molecule has 5 nitrogen and oxygen atoms in total. The Hall–Kier alpha value is -1.73. The predicted octanol–water partition coefficient (Wildman–Crippen LogP) is 3.22. The fourth-order valence-electron chi connectivity index (χ4n) is 3.88. The molecular formula is C24H36FN3O2. The Balaban J connectivity index is 1.61. The highest BCUT2D eigenvalue weighted by Gasteiger charge is 2.19. The molecule has 0 radical (unpaired) electrons. The second-order valence-corrected chi connectivity index (χ2v) is 8.74. The van der Waals surface area contributed by atoms with Gasteiger partial charge < -0.3 is 14.4 Å². The van der Waals surface area contributed by atoms with Gasteiger partial charge in [-0.2, -0.15) is 0 Å². The van der Waals surface area contributed by atoms with Crippen LogP contribution < -0.4 is 0 Å². The van der Waals surface area contributed by atoms with Crippen LogP contribution in [0.25, 0.3) is 0 Å². The standard InChI is InChI=1S/C24H36FN3O2/c1-20(2)9-11-27(19-24(29)18-26-12-14-30-15-13-26)17-23-4-3-10-28(23)16-21-5-7-22(25)8-6-21/h3-8,10,20,24,29H,9,11-19H2,1-2H3. The summed E-state index contributed by atoms with van der Waals surface area (Å²) in [5.41, 5.74) is 2.29. The Labute approximate surface area is 180 Å². The Bertz CT molecular complexity index is 741. The van der Waals surface area contributed by atoms with Gasteiger partial charge in [-0.15, -0.1) is 0 Å². The van der Waals surface area contributed by atoms with Crippen LogP contribution in [0.1, 0.15) is 31.5 Å². The zero-order chi connectivity index (χ0) is 21.3. The lowest BCUT2D eigenvalue weighted by atomic mass is 10.1. The van der Waals surface area contributed by atoms with Crippen molar-refractivity contribution in [2.24, 2.45) is 5.92 Å². The van der Waals surface area contributed by atoms with Crippen LogP contribution in [0.3, 0.4) is 0 Å². The smallest absolute Gasteiger partial charge is 0.123 e. The molecule has 1 saturated heterocycles. The van der Waals surface area contributed by atoms with E-state index >= 15 is 0 Å². The van der Waals surface area contributed by atoms with Crippen LogP contribution >= 0.6 is 0 Å². The second kappa shape index (κ2) is 11.6. The van der Waals surface area contributed by atoms with Gasteiger partial charge in [-0.3, -0.25) is 9.80 Å². The van der Waals surface area contributed by atoms with Gasteiger partial charge >= 0.3 is 0 Å². The molecule has 30 heavy (non-hydrogen) atoms. The van der Waals surface area contributed by atoms with Gasteiger partial charge in [-0.1, -0.05) is 26.0 Å². The van der Waals surface area contributed by atoms with Gasteiger partial charge in [0, 0.05) is 51.2 Å². The number of hydrogen-bond donors (Lipinski definition) is 1. The van der Waals surface area contributed by atoms with Crippen LogP contribution in [0.5, 0.6) is 0 Å². The summed E-state index contributed by atoms with van der Waals surface area (Å²) in [6, 6.07) is 10.9. The summed E-state index contributed by atoms with van der Waals surface area (Å²) in [6.07, 6.45) is 2.79. The van der Waals surface area contributed by atoms with Crippen molar-refractivity contribution in [2.45, 2.75) is 39.5 Å². The van der Waals surface area contributed by atoms with Gasteiger partial charge in [0.05, 0.1) is 19.3 Å². The number of aliphatic hydroxyl groups excluding tert-OH is 1. The molecule has 1 aromatic carbocycles. The third-order valence-electron chi connectivity index (χ3n) is 5.64. The van der Waals surface area contributed by atoms with Gasteiger partial charge in [0.2, 0.25) is 0 Å². The topological polar surface area (TPSA) is 40.9 Å². The number of aliphatic hydroxyl groups is 1. The number of morpholine rings is 1. The van der Waals surface area contributed by atoms with Gasteiger partial charge in [-0.25, -0.2) is 4.39 Å². The highest BCUT2D eigenvalue weighted by atomic mass is 19.1. The Morgan fingerprint density at radius 2 is 1.87 bits per heavy atom. The van der Waals surface area contributed by atoms with E-state index in [1.807, 2.05) is 12.1 Å². The van der Waals surface area contributed by atoms with Crippen LogP contribution in [-0.2, 0) is 17.8 Å². The van der Waals surface area contributed by atoms with Gasteiger partial charge in [0.15, 0.2) is 0 Å². The van der Waals surface area contributed by atoms with Crippen molar-refractivity contribution in [2.75, 3.05) is 45.9 Å². The molecule has 6 heteroatoms. The summed E-state index contributed by atoms with van der Waals surface area (Å²) in [5, 5.41) is 10.7. The molecule has 1 aliphatic heterocycles. The molecule has 1 atom stereocenters. The maximum Gasteiger partial charge on any atom is 0.123 e. The monoisotopic (exact) mass is 417 g/mol. The SMILES string of the molecule is CC(C)CCN(Cc1cccn1Cc1ccc(F)cc1)CC(O)CN1CCOCC1. The number of benzene rings is 1. The number of ether oxygens (including phenoxy) is 1. The molecule has 0 spiro atoms. The van der Waals surface area contributed by atoms with Crippen molar-refractivity contribution < 1.29 is 14.2 Å². The summed E-state index contributed by atoms with van der Waals surface area (Å²) < 4.78 is 20.8. The first-order chi connectivity index (χ1) is 14.5. The molecule has 0 bridgehead atoms. The lowest BCUT2D eigenvalue weighted by molar-refractivity contribution is 0.00578. The van der Waals surface area contributed by atoms with Crippen molar-refractivity contribution in [1.82, 2.24) is 14.4 Å². The zero-order valence-electron chi connectivity index (χ0n) is 18.3. The van der Waals surface area contributed by atoms with Crippen LogP contribution in [0.15, 0.2) is 42.6 Å². The first-order valence-corrected chi connectivity index (χ1v) is 11.1. The van der Waals surface area contributed by atoms with E-state index in [4.69, 9.17) is 4.74 Å². The van der Waals surface area contributed by atoms with E-state index in [0.29, 0.717) is 19.0 Å². The second-order valence-electron chi connectivity index (χ2n) is 8.74. The molecule has 1 fully saturated rings. The molecule has 3 rings (SSSR count). The van der Waals surface area contributed by atoms with Crippen molar-refractivity contribution in [1.29, 1.82) is 0 Å². The Kier molecular flexibility index (Phi) is 8.88. The van der Waals surface area contributed by atoms with Crippen molar-refractivity contribution in [3.8, 4) is 0 Å². The third kappa shape index (κ3) is 7.51. The average molecular weight is 418 g/mol. The average Bonchev–Trinajstić information content (AvgIpc) is 3.15. The van der Waals surface area contributed by atoms with E-state index in [2.05, 4.69) is 46.5 Å². The van der Waals surface area contributed by atoms with Gasteiger partial charge in [0.1, 0.15) is 5.82 Å².